The molecule has 108 valence electrons. The number of nitrogens with two attached hydrogens (primary N) is 1. The number of nitrogen functional groups attached to an aromatic ring is 1. The lowest BCUT2D eigenvalue weighted by Crippen LogP contribution is -2.31. The van der Waals surface area contributed by atoms with Crippen molar-refractivity contribution in [2.45, 2.75) is 25.1 Å². The van der Waals surface area contributed by atoms with Gasteiger partial charge in [-0.25, -0.2) is 4.98 Å². The first kappa shape index (κ1) is 13.2. The molecule has 1 aliphatic rings. The fraction of sp³-hybridized carbons (Fsp3) is 0.462. The molecule has 0 radical (unpaired) electrons. The van der Waals surface area contributed by atoms with Crippen LogP contribution in [0.2, 0.25) is 0 Å². The molecule has 1 fully saturated rings. The first-order chi connectivity index (χ1) is 9.31. The van der Waals surface area contributed by atoms with E-state index < -0.39 is 11.7 Å². The molecule has 0 aliphatic carbocycles. The molecule has 0 bridgehead atoms. The highest BCUT2D eigenvalue weighted by Crippen LogP contribution is 2.36. The van der Waals surface area contributed by atoms with Gasteiger partial charge < -0.3 is 15.0 Å². The van der Waals surface area contributed by atoms with Crippen LogP contribution in [-0.2, 0) is 16.5 Å². The molecular weight excluding hydrogens is 271 g/mol. The lowest BCUT2D eigenvalue weighted by atomic mass is 10.0. The van der Waals surface area contributed by atoms with E-state index in [9.17, 15) is 13.2 Å². The van der Waals surface area contributed by atoms with Crippen LogP contribution in [0.15, 0.2) is 18.2 Å². The summed E-state index contributed by atoms with van der Waals surface area (Å²) in [5.74, 6) is 0.215. The standard InChI is InChI=1S/C13H14F3N3O/c1-12(4-5-20-7-12)19-10-3-2-8(13(14,15)16)6-9(10)18-11(19)17/h2-3,6H,4-5,7H2,1H3,(H2,17,18). The molecule has 0 saturated carbocycles. The van der Waals surface area contributed by atoms with Crippen molar-refractivity contribution < 1.29 is 17.9 Å². The Morgan fingerprint density at radius 3 is 2.75 bits per heavy atom. The molecule has 1 unspecified atom stereocenters. The van der Waals surface area contributed by atoms with Crippen LogP contribution in [0.25, 0.3) is 11.0 Å². The van der Waals surface area contributed by atoms with Crippen LogP contribution >= 0.6 is 0 Å². The summed E-state index contributed by atoms with van der Waals surface area (Å²) in [7, 11) is 0. The monoisotopic (exact) mass is 285 g/mol. The first-order valence-electron chi connectivity index (χ1n) is 6.25. The van der Waals surface area contributed by atoms with E-state index in [1.165, 1.54) is 6.07 Å². The van der Waals surface area contributed by atoms with Crippen molar-refractivity contribution in [3.05, 3.63) is 23.8 Å². The fourth-order valence-electron chi connectivity index (χ4n) is 2.68. The minimum Gasteiger partial charge on any atom is -0.379 e. The summed E-state index contributed by atoms with van der Waals surface area (Å²) in [6.45, 7) is 3.05. The maximum absolute atomic E-state index is 12.7. The topological polar surface area (TPSA) is 53.1 Å². The van der Waals surface area contributed by atoms with E-state index in [0.717, 1.165) is 18.6 Å². The van der Waals surface area contributed by atoms with E-state index in [-0.39, 0.29) is 17.0 Å². The zero-order chi connectivity index (χ0) is 14.5. The van der Waals surface area contributed by atoms with E-state index >= 15 is 0 Å². The molecular formula is C13H14F3N3O. The summed E-state index contributed by atoms with van der Waals surface area (Å²) in [4.78, 5) is 4.06. The molecule has 7 heteroatoms. The Labute approximate surface area is 113 Å². The number of ether oxygens (including phenoxy) is 1. The zero-order valence-corrected chi connectivity index (χ0v) is 10.9. The maximum Gasteiger partial charge on any atom is 0.416 e. The molecule has 1 saturated heterocycles. The smallest absolute Gasteiger partial charge is 0.379 e. The number of nitrogens with zero attached hydrogens (tertiary/aromatic N) is 2. The van der Waals surface area contributed by atoms with Gasteiger partial charge in [-0.2, -0.15) is 13.2 Å². The number of fused-ring (bicyclic) bond motifs is 1. The van der Waals surface area contributed by atoms with Crippen LogP contribution in [0.1, 0.15) is 18.9 Å². The second kappa shape index (κ2) is 4.12. The number of anilines is 1. The quantitative estimate of drug-likeness (QED) is 0.876. The predicted molar refractivity (Wildman–Crippen MR) is 68.2 cm³/mol. The average molecular weight is 285 g/mol. The van der Waals surface area contributed by atoms with Gasteiger partial charge in [-0.3, -0.25) is 0 Å². The Bertz CT molecular complexity index is 657. The van der Waals surface area contributed by atoms with E-state index in [1.807, 2.05) is 6.92 Å². The van der Waals surface area contributed by atoms with Crippen molar-refractivity contribution in [1.29, 1.82) is 0 Å². The number of aromatic nitrogens is 2. The van der Waals surface area contributed by atoms with Gasteiger partial charge >= 0.3 is 6.18 Å². The average Bonchev–Trinajstić information content (AvgIpc) is 2.90. The third-order valence-electron chi connectivity index (χ3n) is 3.75. The lowest BCUT2D eigenvalue weighted by molar-refractivity contribution is -0.137. The normalized spacial score (nSPS) is 23.6. The van der Waals surface area contributed by atoms with Gasteiger partial charge in [0.05, 0.1) is 28.7 Å². The van der Waals surface area contributed by atoms with E-state index in [4.69, 9.17) is 10.5 Å². The maximum atomic E-state index is 12.7. The zero-order valence-electron chi connectivity index (χ0n) is 10.9. The van der Waals surface area contributed by atoms with Crippen LogP contribution in [0.3, 0.4) is 0 Å². The van der Waals surface area contributed by atoms with Gasteiger partial charge in [0, 0.05) is 6.61 Å². The molecule has 1 aromatic heterocycles. The SMILES string of the molecule is CC1(n2c(N)nc3cc(C(F)(F)F)ccc32)CCOC1. The predicted octanol–water partition coefficient (Wildman–Crippen LogP) is 2.77. The van der Waals surface area contributed by atoms with Crippen molar-refractivity contribution in [1.82, 2.24) is 9.55 Å². The van der Waals surface area contributed by atoms with E-state index in [0.29, 0.717) is 18.7 Å². The Kier molecular flexibility index (Phi) is 2.72. The Morgan fingerprint density at radius 2 is 2.15 bits per heavy atom. The lowest BCUT2D eigenvalue weighted by Gasteiger charge is -2.26. The van der Waals surface area contributed by atoms with Crippen molar-refractivity contribution in [3.8, 4) is 0 Å². The largest absolute Gasteiger partial charge is 0.416 e. The molecule has 20 heavy (non-hydrogen) atoms. The summed E-state index contributed by atoms with van der Waals surface area (Å²) in [5.41, 5.74) is 5.67. The second-order valence-corrected chi connectivity index (χ2v) is 5.31. The van der Waals surface area contributed by atoms with Crippen LogP contribution < -0.4 is 5.73 Å². The minimum absolute atomic E-state index is 0.215. The molecule has 2 aromatic rings. The molecule has 1 atom stereocenters. The highest BCUT2D eigenvalue weighted by atomic mass is 19.4. The number of rotatable bonds is 1. The van der Waals surface area contributed by atoms with Gasteiger partial charge in [0.2, 0.25) is 5.95 Å². The number of halogens is 3. The van der Waals surface area contributed by atoms with Gasteiger partial charge in [0.1, 0.15) is 0 Å². The van der Waals surface area contributed by atoms with Crippen molar-refractivity contribution in [2.75, 3.05) is 18.9 Å². The Morgan fingerprint density at radius 1 is 1.40 bits per heavy atom. The summed E-state index contributed by atoms with van der Waals surface area (Å²) in [6, 6.07) is 3.51. The second-order valence-electron chi connectivity index (χ2n) is 5.31. The Hall–Kier alpha value is -1.76. The number of alkyl halides is 3. The highest BCUT2D eigenvalue weighted by molar-refractivity contribution is 5.79. The summed E-state index contributed by atoms with van der Waals surface area (Å²) >= 11 is 0. The third kappa shape index (κ3) is 1.93. The molecule has 3 rings (SSSR count). The Balaban J connectivity index is 2.18. The third-order valence-corrected chi connectivity index (χ3v) is 3.75. The molecule has 1 aliphatic heterocycles. The molecule has 2 heterocycles. The number of benzene rings is 1. The van der Waals surface area contributed by atoms with E-state index in [1.54, 1.807) is 4.57 Å². The number of hydrogen-bond donors (Lipinski definition) is 1. The summed E-state index contributed by atoms with van der Waals surface area (Å²) < 4.78 is 45.3. The summed E-state index contributed by atoms with van der Waals surface area (Å²) in [6.07, 6.45) is -3.63. The van der Waals surface area contributed by atoms with Crippen LogP contribution in [0, 0.1) is 0 Å². The van der Waals surface area contributed by atoms with Gasteiger partial charge in [0.15, 0.2) is 0 Å². The van der Waals surface area contributed by atoms with Crippen molar-refractivity contribution >= 4 is 17.0 Å². The van der Waals surface area contributed by atoms with Gasteiger partial charge in [0.25, 0.3) is 0 Å². The van der Waals surface area contributed by atoms with Crippen LogP contribution in [0.4, 0.5) is 19.1 Å². The van der Waals surface area contributed by atoms with Crippen LogP contribution in [-0.4, -0.2) is 22.8 Å². The first-order valence-corrected chi connectivity index (χ1v) is 6.25. The molecule has 4 nitrogen and oxygen atoms in total. The van der Waals surface area contributed by atoms with Crippen LogP contribution in [0.5, 0.6) is 0 Å². The van der Waals surface area contributed by atoms with Crippen molar-refractivity contribution in [3.63, 3.8) is 0 Å². The van der Waals surface area contributed by atoms with Gasteiger partial charge in [-0.05, 0) is 31.5 Å². The molecule has 0 amide bonds. The molecule has 2 N–H and O–H groups in total. The van der Waals surface area contributed by atoms with Gasteiger partial charge in [-0.1, -0.05) is 0 Å². The number of hydrogen-bond acceptors (Lipinski definition) is 3. The fourth-order valence-corrected chi connectivity index (χ4v) is 2.68. The minimum atomic E-state index is -4.38. The summed E-state index contributed by atoms with van der Waals surface area (Å²) in [5, 5.41) is 0. The highest BCUT2D eigenvalue weighted by Gasteiger charge is 2.36. The molecule has 1 aromatic carbocycles. The van der Waals surface area contributed by atoms with Gasteiger partial charge in [-0.15, -0.1) is 0 Å². The number of imidazole rings is 1. The van der Waals surface area contributed by atoms with Crippen molar-refractivity contribution in [2.24, 2.45) is 0 Å². The van der Waals surface area contributed by atoms with E-state index in [2.05, 4.69) is 4.98 Å². The molecule has 0 spiro atoms.